The van der Waals surface area contributed by atoms with Gasteiger partial charge in [-0.05, 0) is 30.5 Å². The van der Waals surface area contributed by atoms with Gasteiger partial charge in [0.05, 0.1) is 4.58 Å². The minimum absolute atomic E-state index is 0.0482. The second-order valence-corrected chi connectivity index (χ2v) is 10.2. The van der Waals surface area contributed by atoms with Gasteiger partial charge in [0.15, 0.2) is 0 Å². The van der Waals surface area contributed by atoms with Gasteiger partial charge in [-0.25, -0.2) is 5.14 Å². The smallest absolute Gasteiger partial charge is 0.276 e. The molecule has 0 saturated carbocycles. The van der Waals surface area contributed by atoms with Crippen molar-refractivity contribution in [1.29, 1.82) is 0 Å². The molecule has 3 rings (SSSR count). The van der Waals surface area contributed by atoms with E-state index < -0.39 is 10.2 Å². The van der Waals surface area contributed by atoms with Crippen molar-refractivity contribution in [3.8, 4) is 0 Å². The molecule has 0 bridgehead atoms. The quantitative estimate of drug-likeness (QED) is 0.824. The van der Waals surface area contributed by atoms with E-state index >= 15 is 0 Å². The van der Waals surface area contributed by atoms with Crippen LogP contribution in [-0.4, -0.2) is 43.2 Å². The maximum atomic E-state index is 12.4. The Hall–Kier alpha value is -0.740. The van der Waals surface area contributed by atoms with E-state index in [2.05, 4.69) is 11.4 Å². The topological polar surface area (TPSA) is 92.5 Å². The van der Waals surface area contributed by atoms with Crippen LogP contribution in [0.3, 0.4) is 0 Å². The van der Waals surface area contributed by atoms with Gasteiger partial charge in [-0.2, -0.15) is 12.7 Å². The molecule has 2 heterocycles. The van der Waals surface area contributed by atoms with Gasteiger partial charge in [0, 0.05) is 36.2 Å². The standard InChI is InChI=1S/C15H21N3O3S3/c16-24(20,21)18-6-4-11(5-7-18)14(19)17-13-3-1-2-12(10-13)15-22-8-9-23-15/h1-3,10-11,15H,4-9H2,(H,17,19)(H2,16,20,21). The molecule has 0 radical (unpaired) electrons. The Kier molecular flexibility index (Phi) is 5.76. The molecule has 2 fully saturated rings. The summed E-state index contributed by atoms with van der Waals surface area (Å²) < 4.78 is 24.3. The summed E-state index contributed by atoms with van der Waals surface area (Å²) in [5.74, 6) is 2.10. The molecule has 1 aromatic rings. The van der Waals surface area contributed by atoms with E-state index in [1.165, 1.54) is 9.87 Å². The first kappa shape index (κ1) is 18.1. The lowest BCUT2D eigenvalue weighted by molar-refractivity contribution is -0.120. The summed E-state index contributed by atoms with van der Waals surface area (Å²) >= 11 is 3.86. The minimum atomic E-state index is -3.65. The molecule has 2 aliphatic rings. The highest BCUT2D eigenvalue weighted by Crippen LogP contribution is 2.45. The average molecular weight is 388 g/mol. The van der Waals surface area contributed by atoms with Crippen molar-refractivity contribution < 1.29 is 13.2 Å². The summed E-state index contributed by atoms with van der Waals surface area (Å²) in [4.78, 5) is 12.4. The first-order valence-corrected chi connectivity index (χ1v) is 11.5. The number of nitrogens with zero attached hydrogens (tertiary/aromatic N) is 1. The van der Waals surface area contributed by atoms with Gasteiger partial charge in [0.1, 0.15) is 0 Å². The van der Waals surface area contributed by atoms with Crippen molar-refractivity contribution in [1.82, 2.24) is 4.31 Å². The molecular weight excluding hydrogens is 366 g/mol. The van der Waals surface area contributed by atoms with E-state index in [0.29, 0.717) is 30.5 Å². The van der Waals surface area contributed by atoms with E-state index in [-0.39, 0.29) is 11.8 Å². The van der Waals surface area contributed by atoms with Crippen molar-refractivity contribution >= 4 is 45.3 Å². The van der Waals surface area contributed by atoms with E-state index in [9.17, 15) is 13.2 Å². The van der Waals surface area contributed by atoms with Crippen LogP contribution in [0.5, 0.6) is 0 Å². The van der Waals surface area contributed by atoms with Crippen LogP contribution in [0.1, 0.15) is 23.0 Å². The zero-order valence-corrected chi connectivity index (χ0v) is 15.6. The molecule has 6 nitrogen and oxygen atoms in total. The van der Waals surface area contributed by atoms with Crippen molar-refractivity contribution in [2.24, 2.45) is 11.1 Å². The molecule has 1 amide bonds. The highest BCUT2D eigenvalue weighted by Gasteiger charge is 2.29. The fourth-order valence-corrected chi connectivity index (χ4v) is 6.49. The number of nitrogens with one attached hydrogen (secondary N) is 1. The van der Waals surface area contributed by atoms with E-state index in [4.69, 9.17) is 5.14 Å². The summed E-state index contributed by atoms with van der Waals surface area (Å²) in [5.41, 5.74) is 2.03. The second-order valence-electron chi connectivity index (χ2n) is 5.91. The fraction of sp³-hybridized carbons (Fsp3) is 0.533. The van der Waals surface area contributed by atoms with Crippen molar-refractivity contribution in [2.45, 2.75) is 17.4 Å². The molecule has 9 heteroatoms. The Morgan fingerprint density at radius 1 is 1.21 bits per heavy atom. The zero-order valence-electron chi connectivity index (χ0n) is 13.2. The first-order valence-electron chi connectivity index (χ1n) is 7.85. The maximum absolute atomic E-state index is 12.4. The van der Waals surface area contributed by atoms with Crippen molar-refractivity contribution in [2.75, 3.05) is 29.9 Å². The summed E-state index contributed by atoms with van der Waals surface area (Å²) in [7, 11) is -3.65. The molecule has 3 N–H and O–H groups in total. The number of carbonyl (C=O) groups excluding carboxylic acids is 1. The van der Waals surface area contributed by atoms with Crippen LogP contribution < -0.4 is 10.5 Å². The third-order valence-electron chi connectivity index (χ3n) is 4.23. The molecule has 2 saturated heterocycles. The van der Waals surface area contributed by atoms with E-state index in [1.54, 1.807) is 0 Å². The maximum Gasteiger partial charge on any atom is 0.276 e. The molecule has 0 aliphatic carbocycles. The number of hydrogen-bond acceptors (Lipinski definition) is 5. The molecule has 2 aliphatic heterocycles. The van der Waals surface area contributed by atoms with E-state index in [1.807, 2.05) is 41.7 Å². The number of carbonyl (C=O) groups is 1. The molecular formula is C15H21N3O3S3. The Morgan fingerprint density at radius 3 is 2.50 bits per heavy atom. The minimum Gasteiger partial charge on any atom is -0.326 e. The number of hydrogen-bond donors (Lipinski definition) is 2. The van der Waals surface area contributed by atoms with Gasteiger partial charge in [-0.1, -0.05) is 12.1 Å². The predicted octanol–water partition coefficient (Wildman–Crippen LogP) is 2.02. The second kappa shape index (κ2) is 7.65. The average Bonchev–Trinajstić information content (AvgIpc) is 3.09. The van der Waals surface area contributed by atoms with E-state index in [0.717, 1.165) is 17.2 Å². The Balaban J connectivity index is 1.58. The number of benzene rings is 1. The van der Waals surface area contributed by atoms with Crippen molar-refractivity contribution in [3.63, 3.8) is 0 Å². The third-order valence-corrected chi connectivity index (χ3v) is 8.42. The summed E-state index contributed by atoms with van der Waals surface area (Å²) in [6, 6.07) is 7.99. The fourth-order valence-electron chi connectivity index (χ4n) is 2.93. The van der Waals surface area contributed by atoms with Crippen LogP contribution in [0, 0.1) is 5.92 Å². The number of anilines is 1. The highest BCUT2D eigenvalue weighted by molar-refractivity contribution is 8.19. The Labute approximate surface area is 151 Å². The molecule has 0 atom stereocenters. The van der Waals surface area contributed by atoms with Gasteiger partial charge in [0.2, 0.25) is 5.91 Å². The van der Waals surface area contributed by atoms with Crippen LogP contribution in [-0.2, 0) is 15.0 Å². The Bertz CT molecular complexity index is 697. The van der Waals surface area contributed by atoms with Crippen LogP contribution in [0.15, 0.2) is 24.3 Å². The summed E-state index contributed by atoms with van der Waals surface area (Å²) in [6.45, 7) is 0.596. The number of amides is 1. The number of thioether (sulfide) groups is 2. The largest absolute Gasteiger partial charge is 0.326 e. The van der Waals surface area contributed by atoms with Gasteiger partial charge >= 0.3 is 0 Å². The molecule has 0 unspecified atom stereocenters. The monoisotopic (exact) mass is 387 g/mol. The van der Waals surface area contributed by atoms with Crippen LogP contribution >= 0.6 is 23.5 Å². The number of piperidine rings is 1. The summed E-state index contributed by atoms with van der Waals surface area (Å²) in [6.07, 6.45) is 0.993. The summed E-state index contributed by atoms with van der Waals surface area (Å²) in [5, 5.41) is 8.10. The number of rotatable bonds is 4. The molecule has 0 aromatic heterocycles. The van der Waals surface area contributed by atoms with Gasteiger partial charge < -0.3 is 5.32 Å². The Morgan fingerprint density at radius 2 is 1.88 bits per heavy atom. The lowest BCUT2D eigenvalue weighted by atomic mass is 9.97. The molecule has 0 spiro atoms. The normalized spacial score (nSPS) is 21.0. The zero-order chi connectivity index (χ0) is 17.2. The molecule has 24 heavy (non-hydrogen) atoms. The van der Waals surface area contributed by atoms with Crippen LogP contribution in [0.4, 0.5) is 5.69 Å². The first-order chi connectivity index (χ1) is 11.4. The lowest BCUT2D eigenvalue weighted by Crippen LogP contribution is -2.44. The van der Waals surface area contributed by atoms with Gasteiger partial charge in [-0.3, -0.25) is 4.79 Å². The predicted molar refractivity (Wildman–Crippen MR) is 100 cm³/mol. The van der Waals surface area contributed by atoms with Crippen LogP contribution in [0.2, 0.25) is 0 Å². The van der Waals surface area contributed by atoms with Crippen LogP contribution in [0.25, 0.3) is 0 Å². The molecule has 132 valence electrons. The SMILES string of the molecule is NS(=O)(=O)N1CCC(C(=O)Nc2cccc(C3SCCS3)c2)CC1. The van der Waals surface area contributed by atoms with Gasteiger partial charge in [-0.15, -0.1) is 23.5 Å². The molecule has 1 aromatic carbocycles. The van der Waals surface area contributed by atoms with Crippen molar-refractivity contribution in [3.05, 3.63) is 29.8 Å². The highest BCUT2D eigenvalue weighted by atomic mass is 32.2. The van der Waals surface area contributed by atoms with Gasteiger partial charge in [0.25, 0.3) is 10.2 Å². The number of nitrogens with two attached hydrogens (primary N) is 1. The lowest BCUT2D eigenvalue weighted by Gasteiger charge is -2.29. The third kappa shape index (κ3) is 4.45.